The van der Waals surface area contributed by atoms with Crippen molar-refractivity contribution in [2.75, 3.05) is 0 Å². The molecule has 2 heteroatoms. The molecule has 2 aromatic carbocycles. The summed E-state index contributed by atoms with van der Waals surface area (Å²) in [5.41, 5.74) is 4.07. The van der Waals surface area contributed by atoms with Crippen molar-refractivity contribution in [3.05, 3.63) is 66.3 Å². The second-order valence-electron chi connectivity index (χ2n) is 4.02. The first-order valence-electron chi connectivity index (χ1n) is 5.44. The topological polar surface area (TPSA) is 0 Å². The molecule has 0 bridgehead atoms. The van der Waals surface area contributed by atoms with E-state index >= 15 is 0 Å². The van der Waals surface area contributed by atoms with Gasteiger partial charge in [0.25, 0.3) is 0 Å². The van der Waals surface area contributed by atoms with E-state index < -0.39 is 0 Å². The van der Waals surface area contributed by atoms with Gasteiger partial charge in [0, 0.05) is 7.14 Å². The molecular weight excluding hydrogens is 434 g/mol. The molecule has 0 nitrogen and oxygen atoms in total. The summed E-state index contributed by atoms with van der Waals surface area (Å²) in [4.78, 5) is 0. The average molecular weight is 450 g/mol. The Bertz CT molecular complexity index is 452. The Hall–Kier alpha value is -0.100. The fourth-order valence-corrected chi connectivity index (χ4v) is 2.24. The van der Waals surface area contributed by atoms with Crippen molar-refractivity contribution in [1.82, 2.24) is 0 Å². The zero-order chi connectivity index (χ0) is 12.8. The molecule has 0 radical (unpaired) electrons. The lowest BCUT2D eigenvalue weighted by Crippen LogP contribution is -1.79. The standard InChI is InChI=1S/C8H9I.C7H7I/c1-6-3-4-8(9)5-7(6)2;1-6-2-4-7(8)5-3-6/h3-5H,1-2H3;2-5H,1H3. The molecular formula is C15H16I2. The van der Waals surface area contributed by atoms with E-state index in [1.54, 1.807) is 0 Å². The molecule has 90 valence electrons. The van der Waals surface area contributed by atoms with E-state index in [2.05, 4.69) is 108 Å². The van der Waals surface area contributed by atoms with Crippen LogP contribution in [0.3, 0.4) is 0 Å². The normalized spacial score (nSPS) is 9.47. The molecule has 0 atom stereocenters. The molecule has 2 rings (SSSR count). The molecule has 0 saturated heterocycles. The van der Waals surface area contributed by atoms with Gasteiger partial charge in [0.1, 0.15) is 0 Å². The summed E-state index contributed by atoms with van der Waals surface area (Å²) in [6, 6.07) is 14.9. The van der Waals surface area contributed by atoms with Crippen molar-refractivity contribution in [2.24, 2.45) is 0 Å². The maximum atomic E-state index is 2.32. The molecule has 0 saturated carbocycles. The molecule has 0 unspecified atom stereocenters. The van der Waals surface area contributed by atoms with Crippen LogP contribution in [0.4, 0.5) is 0 Å². The van der Waals surface area contributed by atoms with Crippen molar-refractivity contribution in [3.8, 4) is 0 Å². The third-order valence-corrected chi connectivity index (χ3v) is 3.87. The molecule has 0 heterocycles. The smallest absolute Gasteiger partial charge is 0.0133 e. The second kappa shape index (κ2) is 7.36. The van der Waals surface area contributed by atoms with E-state index in [0.717, 1.165) is 0 Å². The van der Waals surface area contributed by atoms with E-state index in [1.807, 2.05) is 0 Å². The van der Waals surface area contributed by atoms with Gasteiger partial charge in [-0.3, -0.25) is 0 Å². The Labute approximate surface area is 131 Å². The molecule has 17 heavy (non-hydrogen) atoms. The van der Waals surface area contributed by atoms with E-state index in [-0.39, 0.29) is 0 Å². The lowest BCUT2D eigenvalue weighted by Gasteiger charge is -1.97. The summed E-state index contributed by atoms with van der Waals surface area (Å²) in [6.07, 6.45) is 0. The number of hydrogen-bond donors (Lipinski definition) is 0. The zero-order valence-corrected chi connectivity index (χ0v) is 14.6. The van der Waals surface area contributed by atoms with Crippen LogP contribution in [0.1, 0.15) is 16.7 Å². The molecule has 0 aliphatic rings. The minimum Gasteiger partial charge on any atom is -0.0583 e. The van der Waals surface area contributed by atoms with Gasteiger partial charge in [0.05, 0.1) is 0 Å². The third-order valence-electron chi connectivity index (χ3n) is 2.48. The van der Waals surface area contributed by atoms with Crippen molar-refractivity contribution >= 4 is 45.2 Å². The Morgan fingerprint density at radius 1 is 0.647 bits per heavy atom. The van der Waals surface area contributed by atoms with Crippen molar-refractivity contribution < 1.29 is 0 Å². The van der Waals surface area contributed by atoms with Crippen LogP contribution in [-0.4, -0.2) is 0 Å². The molecule has 0 amide bonds. The third kappa shape index (κ3) is 5.86. The van der Waals surface area contributed by atoms with Gasteiger partial charge < -0.3 is 0 Å². The van der Waals surface area contributed by atoms with Gasteiger partial charge in [-0.15, -0.1) is 0 Å². The fourth-order valence-electron chi connectivity index (χ4n) is 1.24. The first-order chi connectivity index (χ1) is 7.99. The number of aryl methyl sites for hydroxylation is 3. The minimum absolute atomic E-state index is 1.30. The highest BCUT2D eigenvalue weighted by Gasteiger charge is 1.90. The summed E-state index contributed by atoms with van der Waals surface area (Å²) < 4.78 is 2.61. The minimum atomic E-state index is 1.30. The molecule has 2 aromatic rings. The fraction of sp³-hybridized carbons (Fsp3) is 0.200. The largest absolute Gasteiger partial charge is 0.0583 e. The first-order valence-corrected chi connectivity index (χ1v) is 7.59. The lowest BCUT2D eigenvalue weighted by atomic mass is 10.1. The van der Waals surface area contributed by atoms with Gasteiger partial charge in [-0.2, -0.15) is 0 Å². The van der Waals surface area contributed by atoms with Crippen LogP contribution in [0.25, 0.3) is 0 Å². The highest BCUT2D eigenvalue weighted by Crippen LogP contribution is 2.10. The summed E-state index contributed by atoms with van der Waals surface area (Å²) >= 11 is 4.62. The highest BCUT2D eigenvalue weighted by molar-refractivity contribution is 14.1. The number of hydrogen-bond acceptors (Lipinski definition) is 0. The van der Waals surface area contributed by atoms with Crippen LogP contribution in [0.15, 0.2) is 42.5 Å². The summed E-state index contributed by atoms with van der Waals surface area (Å²) in [7, 11) is 0. The van der Waals surface area contributed by atoms with Crippen LogP contribution < -0.4 is 0 Å². The summed E-state index contributed by atoms with van der Waals surface area (Å²) in [5.74, 6) is 0. The number of rotatable bonds is 0. The van der Waals surface area contributed by atoms with Gasteiger partial charge in [-0.05, 0) is 101 Å². The van der Waals surface area contributed by atoms with Crippen LogP contribution >= 0.6 is 45.2 Å². The Morgan fingerprint density at radius 3 is 1.59 bits per heavy atom. The van der Waals surface area contributed by atoms with Crippen molar-refractivity contribution in [2.45, 2.75) is 20.8 Å². The lowest BCUT2D eigenvalue weighted by molar-refractivity contribution is 1.33. The van der Waals surface area contributed by atoms with E-state index in [4.69, 9.17) is 0 Å². The molecule has 0 spiro atoms. The van der Waals surface area contributed by atoms with E-state index in [0.29, 0.717) is 0 Å². The van der Waals surface area contributed by atoms with Crippen LogP contribution in [0.2, 0.25) is 0 Å². The van der Waals surface area contributed by atoms with Gasteiger partial charge >= 0.3 is 0 Å². The molecule has 0 aliphatic heterocycles. The maximum absolute atomic E-state index is 2.32. The summed E-state index contributed by atoms with van der Waals surface area (Å²) in [6.45, 7) is 6.36. The number of halogens is 2. The van der Waals surface area contributed by atoms with Crippen LogP contribution in [0, 0.1) is 27.9 Å². The molecule has 0 aliphatic carbocycles. The van der Waals surface area contributed by atoms with Gasteiger partial charge in [-0.25, -0.2) is 0 Å². The van der Waals surface area contributed by atoms with E-state index in [9.17, 15) is 0 Å². The van der Waals surface area contributed by atoms with Crippen molar-refractivity contribution in [3.63, 3.8) is 0 Å². The average Bonchev–Trinajstić information content (AvgIpc) is 2.29. The van der Waals surface area contributed by atoms with Gasteiger partial charge in [0.15, 0.2) is 0 Å². The monoisotopic (exact) mass is 450 g/mol. The van der Waals surface area contributed by atoms with Crippen molar-refractivity contribution in [1.29, 1.82) is 0 Å². The Balaban J connectivity index is 0.000000171. The maximum Gasteiger partial charge on any atom is 0.0133 e. The van der Waals surface area contributed by atoms with Crippen LogP contribution in [0.5, 0.6) is 0 Å². The first kappa shape index (κ1) is 15.0. The van der Waals surface area contributed by atoms with Crippen LogP contribution in [-0.2, 0) is 0 Å². The summed E-state index contributed by atoms with van der Waals surface area (Å²) in [5, 5.41) is 0. The Morgan fingerprint density at radius 2 is 1.18 bits per heavy atom. The highest BCUT2D eigenvalue weighted by atomic mass is 127. The predicted molar refractivity (Wildman–Crippen MR) is 92.5 cm³/mol. The SMILES string of the molecule is Cc1ccc(I)cc1.Cc1ccc(I)cc1C. The van der Waals surface area contributed by atoms with E-state index in [1.165, 1.54) is 23.8 Å². The number of benzene rings is 2. The predicted octanol–water partition coefficient (Wildman–Crippen LogP) is 5.51. The molecule has 0 fully saturated rings. The molecule has 0 aromatic heterocycles. The quantitative estimate of drug-likeness (QED) is 0.465. The molecule has 0 N–H and O–H groups in total. The second-order valence-corrected chi connectivity index (χ2v) is 6.52. The van der Waals surface area contributed by atoms with Gasteiger partial charge in [-0.1, -0.05) is 23.8 Å². The van der Waals surface area contributed by atoms with Gasteiger partial charge in [0.2, 0.25) is 0 Å². The Kier molecular flexibility index (Phi) is 6.48. The zero-order valence-electron chi connectivity index (χ0n) is 10.3.